The van der Waals surface area contributed by atoms with Gasteiger partial charge in [-0.2, -0.15) is 0 Å². The summed E-state index contributed by atoms with van der Waals surface area (Å²) in [7, 11) is -5.27. The summed E-state index contributed by atoms with van der Waals surface area (Å²) in [5, 5.41) is 4.02. The van der Waals surface area contributed by atoms with Gasteiger partial charge in [-0.15, -0.1) is 0 Å². The number of nitrogens with zero attached hydrogens (tertiary/aromatic N) is 2. The summed E-state index contributed by atoms with van der Waals surface area (Å²) >= 11 is 0. The molecule has 1 aliphatic heterocycles. The first-order valence-electron chi connectivity index (χ1n) is 4.67. The topological polar surface area (TPSA) is 24.6 Å². The highest BCUT2D eigenvalue weighted by molar-refractivity contribution is 6.53. The molecule has 0 unspecified atom stereocenters. The van der Waals surface area contributed by atoms with Crippen molar-refractivity contribution in [3.63, 3.8) is 0 Å². The van der Waals surface area contributed by atoms with Gasteiger partial charge < -0.3 is 17.6 Å². The molecule has 0 saturated heterocycles. The van der Waals surface area contributed by atoms with Gasteiger partial charge in [-0.25, -0.2) is 0 Å². The first-order valence-corrected chi connectivity index (χ1v) is 4.67. The summed E-state index contributed by atoms with van der Waals surface area (Å²) < 4.78 is 41.4. The maximum atomic E-state index is 12.1. The Bertz CT molecular complexity index is 333. The van der Waals surface area contributed by atoms with Crippen LogP contribution in [0.15, 0.2) is 5.10 Å². The van der Waals surface area contributed by atoms with E-state index in [1.165, 1.54) is 11.6 Å². The standard InChI is InChI=1S/C8H14BF3N2O/c1-6-5-8(3,4)14(13-6)7(2)15-9(10,11)12/h5H2,1-4H3/b14-7+. The predicted molar refractivity (Wildman–Crippen MR) is 52.9 cm³/mol. The van der Waals surface area contributed by atoms with Crippen molar-refractivity contribution in [3.05, 3.63) is 0 Å². The fourth-order valence-corrected chi connectivity index (χ4v) is 1.78. The van der Waals surface area contributed by atoms with E-state index in [1.807, 2.05) is 13.8 Å². The van der Waals surface area contributed by atoms with Crippen LogP contribution in [-0.2, 0) is 4.65 Å². The van der Waals surface area contributed by atoms with Crippen molar-refractivity contribution in [1.29, 1.82) is 0 Å². The molecule has 0 atom stereocenters. The number of halogens is 3. The van der Waals surface area contributed by atoms with E-state index >= 15 is 0 Å². The van der Waals surface area contributed by atoms with E-state index in [4.69, 9.17) is 0 Å². The molecule has 0 aromatic carbocycles. The number of rotatable bonds is 1. The highest BCUT2D eigenvalue weighted by Crippen LogP contribution is 2.23. The van der Waals surface area contributed by atoms with Crippen LogP contribution in [0.25, 0.3) is 0 Å². The second kappa shape index (κ2) is 3.54. The van der Waals surface area contributed by atoms with Gasteiger partial charge in [0.15, 0.2) is 5.54 Å². The van der Waals surface area contributed by atoms with E-state index in [-0.39, 0.29) is 5.90 Å². The molecule has 0 bridgehead atoms. The Hall–Kier alpha value is -1.01. The summed E-state index contributed by atoms with van der Waals surface area (Å²) in [6.07, 6.45) is 0.637. The zero-order chi connectivity index (χ0) is 11.9. The predicted octanol–water partition coefficient (Wildman–Crippen LogP) is 2.34. The minimum Gasteiger partial charge on any atom is -0.589 e. The average molecular weight is 222 g/mol. The monoisotopic (exact) mass is 222 g/mol. The molecule has 0 spiro atoms. The second-order valence-corrected chi connectivity index (χ2v) is 4.29. The fraction of sp³-hybridized carbons (Fsp3) is 0.750. The van der Waals surface area contributed by atoms with Gasteiger partial charge in [0.25, 0.3) is 0 Å². The first kappa shape index (κ1) is 12.1. The van der Waals surface area contributed by atoms with Crippen molar-refractivity contribution in [2.75, 3.05) is 0 Å². The number of hydrazone groups is 1. The first-order chi connectivity index (χ1) is 6.62. The van der Waals surface area contributed by atoms with Crippen molar-refractivity contribution < 1.29 is 22.3 Å². The quantitative estimate of drug-likeness (QED) is 0.379. The fourth-order valence-electron chi connectivity index (χ4n) is 1.78. The Kier molecular flexibility index (Phi) is 2.84. The van der Waals surface area contributed by atoms with Crippen molar-refractivity contribution in [3.8, 4) is 0 Å². The maximum Gasteiger partial charge on any atom is 0.703 e. The molecule has 7 heteroatoms. The van der Waals surface area contributed by atoms with Gasteiger partial charge >= 0.3 is 13.1 Å². The van der Waals surface area contributed by atoms with E-state index in [2.05, 4.69) is 9.76 Å². The molecular weight excluding hydrogens is 208 g/mol. The smallest absolute Gasteiger partial charge is 0.589 e. The zero-order valence-electron chi connectivity index (χ0n) is 9.22. The third-order valence-electron chi connectivity index (χ3n) is 2.13. The van der Waals surface area contributed by atoms with Crippen molar-refractivity contribution in [1.82, 2.24) is 0 Å². The molecule has 3 nitrogen and oxygen atoms in total. The van der Waals surface area contributed by atoms with Crippen LogP contribution < -0.4 is 0 Å². The van der Waals surface area contributed by atoms with Crippen molar-refractivity contribution >= 4 is 18.8 Å². The maximum absolute atomic E-state index is 12.1. The SMILES string of the molecule is CC1=N/[N+](=C(\C)O[B-](F)(F)F)C(C)(C)C1. The Labute approximate surface area is 86.7 Å². The van der Waals surface area contributed by atoms with Crippen LogP contribution in [0.4, 0.5) is 12.9 Å². The molecule has 0 amide bonds. The van der Waals surface area contributed by atoms with Crippen molar-refractivity contribution in [2.45, 2.75) is 39.7 Å². The molecule has 86 valence electrons. The Balaban J connectivity index is 2.99. The average Bonchev–Trinajstić information content (AvgIpc) is 2.20. The van der Waals surface area contributed by atoms with Crippen LogP contribution in [0.3, 0.4) is 0 Å². The normalized spacial score (nSPS) is 23.8. The van der Waals surface area contributed by atoms with E-state index < -0.39 is 12.7 Å². The van der Waals surface area contributed by atoms with E-state index in [9.17, 15) is 12.9 Å². The Morgan fingerprint density at radius 1 is 1.47 bits per heavy atom. The zero-order valence-corrected chi connectivity index (χ0v) is 9.22. The van der Waals surface area contributed by atoms with Gasteiger partial charge in [0.05, 0.1) is 19.1 Å². The summed E-state index contributed by atoms with van der Waals surface area (Å²) in [5.74, 6) is -0.218. The van der Waals surface area contributed by atoms with Crippen LogP contribution in [0.2, 0.25) is 0 Å². The number of hydrogen-bond donors (Lipinski definition) is 0. The molecule has 0 saturated carbocycles. The van der Waals surface area contributed by atoms with Crippen LogP contribution in [-0.4, -0.2) is 29.0 Å². The lowest BCUT2D eigenvalue weighted by molar-refractivity contribution is -0.602. The Morgan fingerprint density at radius 2 is 2.00 bits per heavy atom. The lowest BCUT2D eigenvalue weighted by Crippen LogP contribution is -2.37. The van der Waals surface area contributed by atoms with Crippen LogP contribution in [0, 0.1) is 0 Å². The summed E-state index contributed by atoms with van der Waals surface area (Å²) in [4.78, 5) is 0. The van der Waals surface area contributed by atoms with E-state index in [0.29, 0.717) is 6.42 Å². The highest BCUT2D eigenvalue weighted by atomic mass is 19.4. The molecule has 1 rings (SSSR count). The van der Waals surface area contributed by atoms with Crippen LogP contribution in [0.1, 0.15) is 34.1 Å². The molecule has 0 N–H and O–H groups in total. The molecule has 1 heterocycles. The molecule has 0 fully saturated rings. The van der Waals surface area contributed by atoms with E-state index in [1.54, 1.807) is 6.92 Å². The minimum absolute atomic E-state index is 0.218. The van der Waals surface area contributed by atoms with Crippen molar-refractivity contribution in [2.24, 2.45) is 5.10 Å². The third kappa shape index (κ3) is 2.97. The lowest BCUT2D eigenvalue weighted by atomic mass is 10.0. The van der Waals surface area contributed by atoms with Gasteiger partial charge in [0.1, 0.15) is 0 Å². The third-order valence-corrected chi connectivity index (χ3v) is 2.13. The Morgan fingerprint density at radius 3 is 2.33 bits per heavy atom. The molecule has 0 radical (unpaired) electrons. The number of hydrogen-bond acceptors (Lipinski definition) is 2. The van der Waals surface area contributed by atoms with Crippen LogP contribution >= 0.6 is 0 Å². The molecule has 15 heavy (non-hydrogen) atoms. The highest BCUT2D eigenvalue weighted by Gasteiger charge is 2.42. The molecule has 0 aromatic heterocycles. The summed E-state index contributed by atoms with van der Waals surface area (Å²) in [6, 6.07) is 0. The van der Waals surface area contributed by atoms with E-state index in [0.717, 1.165) is 5.71 Å². The molecule has 0 aliphatic carbocycles. The minimum atomic E-state index is -5.27. The largest absolute Gasteiger partial charge is 0.703 e. The molecule has 0 aromatic rings. The second-order valence-electron chi connectivity index (χ2n) is 4.29. The summed E-state index contributed by atoms with van der Waals surface area (Å²) in [5.41, 5.74) is 0.354. The van der Waals surface area contributed by atoms with Gasteiger partial charge in [-0.05, 0) is 12.0 Å². The van der Waals surface area contributed by atoms with Gasteiger partial charge in [0, 0.05) is 13.8 Å². The summed E-state index contributed by atoms with van der Waals surface area (Å²) in [6.45, 7) is 6.71. The molecule has 1 aliphatic rings. The lowest BCUT2D eigenvalue weighted by Gasteiger charge is -2.18. The van der Waals surface area contributed by atoms with Gasteiger partial charge in [-0.1, -0.05) is 4.68 Å². The van der Waals surface area contributed by atoms with Gasteiger partial charge in [-0.3, -0.25) is 0 Å². The molecular formula is C8H14BF3N2O. The van der Waals surface area contributed by atoms with Crippen LogP contribution in [0.5, 0.6) is 0 Å². The van der Waals surface area contributed by atoms with Gasteiger partial charge in [0.2, 0.25) is 0 Å².